The Morgan fingerprint density at radius 2 is 1.77 bits per heavy atom. The summed E-state index contributed by atoms with van der Waals surface area (Å²) in [5.41, 5.74) is 1.62. The van der Waals surface area contributed by atoms with Crippen molar-refractivity contribution in [2.75, 3.05) is 13.6 Å². The Hall–Kier alpha value is -2.51. The third-order valence-corrected chi connectivity index (χ3v) is 4.16. The Morgan fingerprint density at radius 1 is 1.08 bits per heavy atom. The quantitative estimate of drug-likeness (QED) is 0.701. The largest absolute Gasteiger partial charge is 0.573 e. The van der Waals surface area contributed by atoms with Crippen LogP contribution in [-0.2, 0) is 0 Å². The van der Waals surface area contributed by atoms with Crippen molar-refractivity contribution in [2.45, 2.75) is 18.5 Å². The maximum atomic E-state index is 12.4. The highest BCUT2D eigenvalue weighted by Crippen LogP contribution is 2.30. The second-order valence-corrected chi connectivity index (χ2v) is 5.97. The Balaban J connectivity index is 1.99. The zero-order valence-corrected chi connectivity index (χ0v) is 14.1. The number of benzene rings is 2. The summed E-state index contributed by atoms with van der Waals surface area (Å²) < 4.78 is 42.9. The number of para-hydroxylation sites is 1. The van der Waals surface area contributed by atoms with Gasteiger partial charge in [-0.3, -0.25) is 0 Å². The molecule has 1 heterocycles. The van der Waals surface area contributed by atoms with Gasteiger partial charge >= 0.3 is 6.36 Å². The van der Waals surface area contributed by atoms with Crippen LogP contribution in [0.15, 0.2) is 60.8 Å². The third-order valence-electron chi connectivity index (χ3n) is 4.16. The number of nitrogens with one attached hydrogen (secondary N) is 1. The van der Waals surface area contributed by atoms with Gasteiger partial charge in [0.25, 0.3) is 0 Å². The monoisotopic (exact) mass is 364 g/mol. The van der Waals surface area contributed by atoms with Crippen molar-refractivity contribution in [3.8, 4) is 5.75 Å². The topological polar surface area (TPSA) is 46.4 Å². The number of halogens is 3. The van der Waals surface area contributed by atoms with E-state index < -0.39 is 18.5 Å². The van der Waals surface area contributed by atoms with Crippen molar-refractivity contribution in [1.29, 1.82) is 0 Å². The van der Waals surface area contributed by atoms with E-state index in [1.165, 1.54) is 12.1 Å². The summed E-state index contributed by atoms with van der Waals surface area (Å²) >= 11 is 0. The SMILES string of the molecule is CNC[C@@H](O)[C@@H](c1ccc(OC(F)(F)F)cc1)n1ccc2ccccc21. The summed E-state index contributed by atoms with van der Waals surface area (Å²) in [6.45, 7) is 0.331. The van der Waals surface area contributed by atoms with Crippen LogP contribution in [0.5, 0.6) is 5.75 Å². The molecule has 2 N–H and O–H groups in total. The predicted molar refractivity (Wildman–Crippen MR) is 93.1 cm³/mol. The average Bonchev–Trinajstić information content (AvgIpc) is 3.00. The van der Waals surface area contributed by atoms with Crippen molar-refractivity contribution in [1.82, 2.24) is 9.88 Å². The summed E-state index contributed by atoms with van der Waals surface area (Å²) in [5.74, 6) is -0.291. The van der Waals surface area contributed by atoms with E-state index in [-0.39, 0.29) is 5.75 Å². The van der Waals surface area contributed by atoms with Gasteiger partial charge in [0.15, 0.2) is 0 Å². The van der Waals surface area contributed by atoms with Crippen LogP contribution in [0.25, 0.3) is 10.9 Å². The molecule has 7 heteroatoms. The molecule has 0 fully saturated rings. The van der Waals surface area contributed by atoms with Crippen LogP contribution in [0.4, 0.5) is 13.2 Å². The number of ether oxygens (including phenoxy) is 1. The number of aromatic nitrogens is 1. The number of hydrogen-bond acceptors (Lipinski definition) is 3. The standard InChI is InChI=1S/C19H19F3N2O2/c1-23-12-17(25)18(24-11-10-13-4-2-3-5-16(13)24)14-6-8-15(9-7-14)26-19(20,21)22/h2-11,17-18,23,25H,12H2,1H3/t17-,18-/m1/s1. The van der Waals surface area contributed by atoms with Crippen LogP contribution in [0.1, 0.15) is 11.6 Å². The lowest BCUT2D eigenvalue weighted by Gasteiger charge is -2.26. The molecule has 0 radical (unpaired) electrons. The fourth-order valence-electron chi connectivity index (χ4n) is 3.10. The molecule has 0 spiro atoms. The number of likely N-dealkylation sites (N-methyl/N-ethyl adjacent to an activating group) is 1. The molecule has 2 aromatic carbocycles. The fourth-order valence-corrected chi connectivity index (χ4v) is 3.10. The molecular formula is C19H19F3N2O2. The zero-order chi connectivity index (χ0) is 18.7. The van der Waals surface area contributed by atoms with E-state index in [0.717, 1.165) is 10.9 Å². The van der Waals surface area contributed by atoms with Gasteiger partial charge in [0.2, 0.25) is 0 Å². The summed E-state index contributed by atoms with van der Waals surface area (Å²) in [6, 6.07) is 14.8. The van der Waals surface area contributed by atoms with E-state index in [1.807, 2.05) is 41.1 Å². The maximum Gasteiger partial charge on any atom is 0.573 e. The lowest BCUT2D eigenvalue weighted by Crippen LogP contribution is -2.33. The normalized spacial score (nSPS) is 14.3. The number of aliphatic hydroxyl groups excluding tert-OH is 1. The van der Waals surface area contributed by atoms with Crippen LogP contribution in [0.2, 0.25) is 0 Å². The Morgan fingerprint density at radius 3 is 2.42 bits per heavy atom. The summed E-state index contributed by atoms with van der Waals surface area (Å²) in [5, 5.41) is 14.6. The summed E-state index contributed by atoms with van der Waals surface area (Å²) in [7, 11) is 1.73. The Labute approximate surface area is 148 Å². The van der Waals surface area contributed by atoms with Crippen LogP contribution < -0.4 is 10.1 Å². The molecule has 0 bridgehead atoms. The average molecular weight is 364 g/mol. The van der Waals surface area contributed by atoms with Crippen LogP contribution in [0.3, 0.4) is 0 Å². The van der Waals surface area contributed by atoms with Crippen molar-refractivity contribution in [2.24, 2.45) is 0 Å². The lowest BCUT2D eigenvalue weighted by molar-refractivity contribution is -0.274. The second kappa shape index (κ2) is 7.39. The summed E-state index contributed by atoms with van der Waals surface area (Å²) in [6.07, 6.45) is -3.64. The van der Waals surface area contributed by atoms with Gasteiger partial charge in [0.1, 0.15) is 5.75 Å². The van der Waals surface area contributed by atoms with Gasteiger partial charge in [-0.15, -0.1) is 13.2 Å². The minimum atomic E-state index is -4.73. The highest BCUT2D eigenvalue weighted by Gasteiger charge is 2.31. The van der Waals surface area contributed by atoms with Crippen molar-refractivity contribution in [3.63, 3.8) is 0 Å². The van der Waals surface area contributed by atoms with Crippen molar-refractivity contribution in [3.05, 3.63) is 66.4 Å². The molecule has 3 aromatic rings. The number of hydrogen-bond donors (Lipinski definition) is 2. The maximum absolute atomic E-state index is 12.4. The number of rotatable bonds is 6. The first-order valence-corrected chi connectivity index (χ1v) is 8.13. The van der Waals surface area contributed by atoms with Gasteiger partial charge < -0.3 is 19.7 Å². The van der Waals surface area contributed by atoms with Gasteiger partial charge in [-0.2, -0.15) is 0 Å². The molecule has 0 aliphatic heterocycles. The first kappa shape index (κ1) is 18.3. The molecule has 0 saturated heterocycles. The fraction of sp³-hybridized carbons (Fsp3) is 0.263. The molecule has 26 heavy (non-hydrogen) atoms. The van der Waals surface area contributed by atoms with Crippen molar-refractivity contribution < 1.29 is 23.0 Å². The van der Waals surface area contributed by atoms with Gasteiger partial charge in [-0.05, 0) is 42.3 Å². The molecule has 0 amide bonds. The first-order chi connectivity index (χ1) is 12.4. The molecule has 0 aliphatic carbocycles. The molecule has 0 aliphatic rings. The van der Waals surface area contributed by atoms with Gasteiger partial charge in [-0.25, -0.2) is 0 Å². The summed E-state index contributed by atoms with van der Waals surface area (Å²) in [4.78, 5) is 0. The molecule has 4 nitrogen and oxygen atoms in total. The van der Waals surface area contributed by atoms with Crippen molar-refractivity contribution >= 4 is 10.9 Å². The highest BCUT2D eigenvalue weighted by molar-refractivity contribution is 5.80. The number of aliphatic hydroxyl groups is 1. The molecular weight excluding hydrogens is 345 g/mol. The van der Waals surface area contributed by atoms with E-state index in [9.17, 15) is 18.3 Å². The lowest BCUT2D eigenvalue weighted by atomic mass is 10.0. The van der Waals surface area contributed by atoms with Gasteiger partial charge in [0.05, 0.1) is 12.1 Å². The Kier molecular flexibility index (Phi) is 5.20. The van der Waals surface area contributed by atoms with Crippen LogP contribution >= 0.6 is 0 Å². The zero-order valence-electron chi connectivity index (χ0n) is 14.1. The minimum Gasteiger partial charge on any atom is -0.406 e. The molecule has 1 aromatic heterocycles. The molecule has 0 saturated carbocycles. The third kappa shape index (κ3) is 4.00. The molecule has 138 valence electrons. The van der Waals surface area contributed by atoms with E-state index in [1.54, 1.807) is 19.2 Å². The smallest absolute Gasteiger partial charge is 0.406 e. The van der Waals surface area contributed by atoms with E-state index in [4.69, 9.17) is 0 Å². The second-order valence-electron chi connectivity index (χ2n) is 5.97. The van der Waals surface area contributed by atoms with E-state index in [2.05, 4.69) is 10.1 Å². The number of alkyl halides is 3. The van der Waals surface area contributed by atoms with E-state index >= 15 is 0 Å². The molecule has 2 atom stereocenters. The number of nitrogens with zero attached hydrogens (tertiary/aromatic N) is 1. The van der Waals surface area contributed by atoms with Crippen LogP contribution in [-0.4, -0.2) is 35.7 Å². The minimum absolute atomic E-state index is 0.291. The van der Waals surface area contributed by atoms with Gasteiger partial charge in [-0.1, -0.05) is 30.3 Å². The Bertz CT molecular complexity index is 859. The predicted octanol–water partition coefficient (Wildman–Crippen LogP) is 3.71. The number of fused-ring (bicyclic) bond motifs is 1. The van der Waals surface area contributed by atoms with E-state index in [0.29, 0.717) is 12.1 Å². The highest BCUT2D eigenvalue weighted by atomic mass is 19.4. The first-order valence-electron chi connectivity index (χ1n) is 8.13. The van der Waals surface area contributed by atoms with Gasteiger partial charge in [0, 0.05) is 18.3 Å². The molecule has 3 rings (SSSR count). The van der Waals surface area contributed by atoms with Crippen LogP contribution in [0, 0.1) is 0 Å². The molecule has 0 unspecified atom stereocenters.